The molecule has 11 heteroatoms. The molecular formula is C28H37BrN4O4S2. The van der Waals surface area contributed by atoms with Crippen molar-refractivity contribution in [3.05, 3.63) is 80.5 Å². The number of carbonyl (C=O) groups excluding carboxylic acids is 1. The number of nitrogens with zero attached hydrogens (tertiary/aromatic N) is 1. The second-order valence-corrected chi connectivity index (χ2v) is 13.7. The Balaban J connectivity index is 1.53. The van der Waals surface area contributed by atoms with E-state index < -0.39 is 22.9 Å². The average Bonchev–Trinajstić information content (AvgIpc) is 3.33. The number of hydrogen-bond donors (Lipinski definition) is 6. The zero-order valence-corrected chi connectivity index (χ0v) is 25.2. The third-order valence-corrected chi connectivity index (χ3v) is 10.2. The zero-order chi connectivity index (χ0) is 27.8. The predicted molar refractivity (Wildman–Crippen MR) is 166 cm³/mol. The maximum absolute atomic E-state index is 13.6. The van der Waals surface area contributed by atoms with Crippen molar-refractivity contribution in [2.45, 2.75) is 44.9 Å². The van der Waals surface area contributed by atoms with Gasteiger partial charge in [0.2, 0.25) is 0 Å². The van der Waals surface area contributed by atoms with E-state index in [4.69, 9.17) is 0 Å². The third kappa shape index (κ3) is 8.43. The molecule has 2 heterocycles. The van der Waals surface area contributed by atoms with Crippen molar-refractivity contribution in [2.24, 2.45) is 0 Å². The van der Waals surface area contributed by atoms with Crippen LogP contribution in [0.5, 0.6) is 0 Å². The summed E-state index contributed by atoms with van der Waals surface area (Å²) >= 11 is 5.10. The number of halogens is 1. The van der Waals surface area contributed by atoms with Gasteiger partial charge in [-0.25, -0.2) is 0 Å². The van der Waals surface area contributed by atoms with Crippen LogP contribution in [0.3, 0.4) is 0 Å². The first-order valence-corrected chi connectivity index (χ1v) is 16.5. The lowest BCUT2D eigenvalue weighted by Crippen LogP contribution is -2.48. The summed E-state index contributed by atoms with van der Waals surface area (Å²) in [7, 11) is -2.94. The van der Waals surface area contributed by atoms with Gasteiger partial charge in [0.05, 0.1) is 23.6 Å². The molecule has 2 aromatic carbocycles. The number of carbonyl (C=O) groups is 1. The van der Waals surface area contributed by atoms with Gasteiger partial charge in [-0.05, 0) is 71.9 Å². The number of aliphatic hydroxyl groups is 1. The number of benzene rings is 2. The highest BCUT2D eigenvalue weighted by Gasteiger charge is 2.28. The van der Waals surface area contributed by atoms with E-state index in [2.05, 4.69) is 31.9 Å². The van der Waals surface area contributed by atoms with E-state index in [0.29, 0.717) is 49.6 Å². The minimum Gasteiger partial charge on any atom is -0.390 e. The first kappa shape index (κ1) is 29.9. The lowest BCUT2D eigenvalue weighted by atomic mass is 10.00. The maximum atomic E-state index is 13.6. The monoisotopic (exact) mass is 636 g/mol. The van der Waals surface area contributed by atoms with Crippen LogP contribution < -0.4 is 20.3 Å². The van der Waals surface area contributed by atoms with E-state index >= 15 is 0 Å². The van der Waals surface area contributed by atoms with Crippen LogP contribution in [-0.4, -0.2) is 57.7 Å². The Labute approximate surface area is 244 Å². The zero-order valence-electron chi connectivity index (χ0n) is 22.0. The molecule has 0 aliphatic carbocycles. The smallest absolute Gasteiger partial charge is 0.251 e. The Morgan fingerprint density at radius 1 is 1.15 bits per heavy atom. The number of thiophene rings is 1. The molecule has 1 saturated heterocycles. The minimum atomic E-state index is -2.94. The molecule has 3 aromatic rings. The Hall–Kier alpha value is -2.12. The van der Waals surface area contributed by atoms with Gasteiger partial charge >= 0.3 is 0 Å². The molecule has 1 fully saturated rings. The number of aliphatic hydroxyl groups excluding tert-OH is 1. The average molecular weight is 638 g/mol. The van der Waals surface area contributed by atoms with Gasteiger partial charge in [-0.1, -0.05) is 30.3 Å². The first-order valence-electron chi connectivity index (χ1n) is 13.1. The Bertz CT molecular complexity index is 1230. The highest BCUT2D eigenvalue weighted by Crippen LogP contribution is 2.50. The van der Waals surface area contributed by atoms with E-state index in [1.165, 1.54) is 0 Å². The van der Waals surface area contributed by atoms with Crippen molar-refractivity contribution in [1.82, 2.24) is 10.6 Å². The second kappa shape index (κ2) is 14.0. The molecule has 6 N–H and O–H groups in total. The highest BCUT2D eigenvalue weighted by molar-refractivity contribution is 9.10. The predicted octanol–water partition coefficient (Wildman–Crippen LogP) is 5.70. The van der Waals surface area contributed by atoms with Crippen LogP contribution in [-0.2, 0) is 13.0 Å². The number of rotatable bonds is 12. The number of nitrogens with one attached hydrogen (secondary N) is 3. The fourth-order valence-corrected chi connectivity index (χ4v) is 7.73. The van der Waals surface area contributed by atoms with Gasteiger partial charge in [0.1, 0.15) is 0 Å². The summed E-state index contributed by atoms with van der Waals surface area (Å²) in [6.07, 6.45) is 1.24. The van der Waals surface area contributed by atoms with Gasteiger partial charge in [0.25, 0.3) is 5.91 Å². The molecular weight excluding hydrogens is 600 g/mol. The molecule has 1 amide bonds. The number of anilines is 2. The van der Waals surface area contributed by atoms with E-state index in [1.54, 1.807) is 27.8 Å². The van der Waals surface area contributed by atoms with Crippen molar-refractivity contribution in [3.63, 3.8) is 0 Å². The van der Waals surface area contributed by atoms with Crippen molar-refractivity contribution in [1.29, 1.82) is 0 Å². The SMILES string of the molecule is CCNc1cc(C(=O)NC(Cc2ccccc2)C(O)CNCc2cc(Br)cs2)cc(N2CCCCS2(O)O)c1. The molecule has 0 saturated carbocycles. The van der Waals surface area contributed by atoms with E-state index in [9.17, 15) is 19.0 Å². The lowest BCUT2D eigenvalue weighted by Gasteiger charge is -2.47. The molecule has 1 aromatic heterocycles. The van der Waals surface area contributed by atoms with Gasteiger partial charge in [-0.3, -0.25) is 18.2 Å². The van der Waals surface area contributed by atoms with Gasteiger partial charge < -0.3 is 21.1 Å². The minimum absolute atomic E-state index is 0.310. The van der Waals surface area contributed by atoms with Crippen LogP contribution >= 0.6 is 38.0 Å². The highest BCUT2D eigenvalue weighted by atomic mass is 79.9. The normalized spacial score (nSPS) is 17.3. The van der Waals surface area contributed by atoms with Crippen LogP contribution in [0.25, 0.3) is 0 Å². The molecule has 0 radical (unpaired) electrons. The molecule has 1 aliphatic heterocycles. The lowest BCUT2D eigenvalue weighted by molar-refractivity contribution is 0.0830. The van der Waals surface area contributed by atoms with Crippen LogP contribution in [0.4, 0.5) is 11.4 Å². The van der Waals surface area contributed by atoms with E-state index in [0.717, 1.165) is 33.4 Å². The molecule has 39 heavy (non-hydrogen) atoms. The van der Waals surface area contributed by atoms with Crippen LogP contribution in [0.15, 0.2) is 64.5 Å². The molecule has 0 bridgehead atoms. The summed E-state index contributed by atoms with van der Waals surface area (Å²) in [5, 5.41) is 22.8. The molecule has 212 valence electrons. The molecule has 2 unspecified atom stereocenters. The third-order valence-electron chi connectivity index (χ3n) is 6.59. The molecule has 0 spiro atoms. The first-order chi connectivity index (χ1) is 18.7. The molecule has 2 atom stereocenters. The maximum Gasteiger partial charge on any atom is 0.251 e. The van der Waals surface area contributed by atoms with Gasteiger partial charge in [-0.2, -0.15) is 0 Å². The molecule has 1 aliphatic rings. The van der Waals surface area contributed by atoms with Crippen LogP contribution in [0, 0.1) is 0 Å². The number of amides is 1. The topological polar surface area (TPSA) is 117 Å². The van der Waals surface area contributed by atoms with E-state index in [1.807, 2.05) is 54.8 Å². The van der Waals surface area contributed by atoms with Gasteiger partial charge in [0.15, 0.2) is 0 Å². The largest absolute Gasteiger partial charge is 0.390 e. The summed E-state index contributed by atoms with van der Waals surface area (Å²) in [6, 6.07) is 16.6. The Morgan fingerprint density at radius 3 is 2.64 bits per heavy atom. The van der Waals surface area contributed by atoms with Crippen LogP contribution in [0.1, 0.15) is 40.6 Å². The van der Waals surface area contributed by atoms with Crippen LogP contribution in [0.2, 0.25) is 0 Å². The summed E-state index contributed by atoms with van der Waals surface area (Å²) in [6.45, 7) is 4.07. The number of hydrogen-bond acceptors (Lipinski definition) is 8. The van der Waals surface area contributed by atoms with Crippen molar-refractivity contribution >= 4 is 55.3 Å². The fourth-order valence-electron chi connectivity index (χ4n) is 4.63. The van der Waals surface area contributed by atoms with Crippen molar-refractivity contribution in [2.75, 3.05) is 35.0 Å². The standard InChI is InChI=1S/C28H37BrN4O4S2/c1-2-31-23-13-21(14-24(16-23)33-10-6-7-11-39(33,36)37)28(35)32-26(12-20-8-4-3-5-9-20)27(34)18-30-17-25-15-22(29)19-38-25/h3-5,8-9,13-16,19,26-27,30-31,34,36-37H,2,6-7,10-12,17-18H2,1H3,(H,32,35). The Kier molecular flexibility index (Phi) is 10.7. The second-order valence-electron chi connectivity index (χ2n) is 9.64. The summed E-state index contributed by atoms with van der Waals surface area (Å²) in [5.41, 5.74) is 2.73. The quantitative estimate of drug-likeness (QED) is 0.151. The Morgan fingerprint density at radius 2 is 1.95 bits per heavy atom. The van der Waals surface area contributed by atoms with Crippen molar-refractivity contribution in [3.8, 4) is 0 Å². The van der Waals surface area contributed by atoms with Gasteiger partial charge in [0, 0.05) is 52.2 Å². The fraction of sp³-hybridized carbons (Fsp3) is 0.393. The summed E-state index contributed by atoms with van der Waals surface area (Å²) < 4.78 is 24.0. The summed E-state index contributed by atoms with van der Waals surface area (Å²) in [5.74, 6) is -0.00700. The van der Waals surface area contributed by atoms with E-state index in [-0.39, 0.29) is 5.91 Å². The van der Waals surface area contributed by atoms with Gasteiger partial charge in [-0.15, -0.1) is 22.1 Å². The van der Waals surface area contributed by atoms with Crippen molar-refractivity contribution < 1.29 is 19.0 Å². The molecule has 4 rings (SSSR count). The molecule has 8 nitrogen and oxygen atoms in total. The summed E-state index contributed by atoms with van der Waals surface area (Å²) in [4.78, 5) is 14.7.